The van der Waals surface area contributed by atoms with Gasteiger partial charge in [-0.1, -0.05) is 39.0 Å². The fourth-order valence-corrected chi connectivity index (χ4v) is 2.66. The Labute approximate surface area is 115 Å². The molecule has 2 N–H and O–H groups in total. The van der Waals surface area contributed by atoms with Crippen LogP contribution in [0.1, 0.15) is 40.0 Å². The van der Waals surface area contributed by atoms with E-state index in [1.807, 2.05) is 30.3 Å². The van der Waals surface area contributed by atoms with Gasteiger partial charge in [0.25, 0.3) is 0 Å². The second-order valence-electron chi connectivity index (χ2n) is 6.33. The molecule has 2 rings (SSSR count). The smallest absolute Gasteiger partial charge is 0.319 e. The Bertz CT molecular complexity index is 428. The summed E-state index contributed by atoms with van der Waals surface area (Å²) in [5.41, 5.74) is 1.23. The van der Waals surface area contributed by atoms with Crippen molar-refractivity contribution in [2.24, 2.45) is 11.3 Å². The number of anilines is 1. The highest BCUT2D eigenvalue weighted by Gasteiger charge is 2.33. The molecule has 0 radical (unpaired) electrons. The summed E-state index contributed by atoms with van der Waals surface area (Å²) >= 11 is 0. The van der Waals surface area contributed by atoms with Crippen molar-refractivity contribution < 1.29 is 4.79 Å². The summed E-state index contributed by atoms with van der Waals surface area (Å²) in [5, 5.41) is 5.96. The summed E-state index contributed by atoms with van der Waals surface area (Å²) in [7, 11) is 0. The number of nitrogens with one attached hydrogen (secondary N) is 2. The van der Waals surface area contributed by atoms with Crippen LogP contribution < -0.4 is 10.6 Å². The second kappa shape index (κ2) is 5.64. The van der Waals surface area contributed by atoms with Gasteiger partial charge in [0.2, 0.25) is 0 Å². The van der Waals surface area contributed by atoms with Crippen LogP contribution in [0.5, 0.6) is 0 Å². The summed E-state index contributed by atoms with van der Waals surface area (Å²) in [5.74, 6) is 0.642. The zero-order valence-electron chi connectivity index (χ0n) is 12.1. The van der Waals surface area contributed by atoms with Crippen LogP contribution in [0.3, 0.4) is 0 Å². The van der Waals surface area contributed by atoms with Crippen molar-refractivity contribution in [3.63, 3.8) is 0 Å². The maximum atomic E-state index is 11.9. The van der Waals surface area contributed by atoms with Crippen LogP contribution in [-0.4, -0.2) is 12.1 Å². The van der Waals surface area contributed by atoms with Gasteiger partial charge in [-0.2, -0.15) is 0 Å². The van der Waals surface area contributed by atoms with Crippen LogP contribution in [0.15, 0.2) is 30.3 Å². The van der Waals surface area contributed by atoms with Crippen LogP contribution in [0, 0.1) is 11.3 Å². The van der Waals surface area contributed by atoms with Crippen LogP contribution in [0.25, 0.3) is 0 Å². The van der Waals surface area contributed by atoms with Crippen LogP contribution in [0.4, 0.5) is 10.5 Å². The Balaban J connectivity index is 1.84. The molecular formula is C16H24N2O. The normalized spacial score (nSPS) is 25.6. The van der Waals surface area contributed by atoms with E-state index in [2.05, 4.69) is 31.4 Å². The summed E-state index contributed by atoms with van der Waals surface area (Å²) < 4.78 is 0. The molecule has 1 aliphatic rings. The maximum Gasteiger partial charge on any atom is 0.319 e. The molecule has 0 spiro atoms. The lowest BCUT2D eigenvalue weighted by molar-refractivity contribution is 0.129. The number of carbonyl (C=O) groups is 1. The van der Waals surface area contributed by atoms with Gasteiger partial charge >= 0.3 is 6.03 Å². The predicted octanol–water partition coefficient (Wildman–Crippen LogP) is 4.02. The largest absolute Gasteiger partial charge is 0.335 e. The Kier molecular flexibility index (Phi) is 4.13. The third kappa shape index (κ3) is 3.72. The number of rotatable bonds is 2. The fourth-order valence-electron chi connectivity index (χ4n) is 2.66. The average molecular weight is 260 g/mol. The number of hydrogen-bond acceptors (Lipinski definition) is 1. The second-order valence-corrected chi connectivity index (χ2v) is 6.33. The third-order valence-corrected chi connectivity index (χ3v) is 4.48. The maximum absolute atomic E-state index is 11.9. The minimum absolute atomic E-state index is 0.0943. The molecule has 0 aliphatic heterocycles. The van der Waals surface area contributed by atoms with Crippen molar-refractivity contribution in [1.29, 1.82) is 0 Å². The highest BCUT2D eigenvalue weighted by Crippen LogP contribution is 2.40. The minimum atomic E-state index is -0.0943. The van der Waals surface area contributed by atoms with E-state index in [-0.39, 0.29) is 6.03 Å². The number of para-hydroxylation sites is 1. The Morgan fingerprint density at radius 1 is 1.26 bits per heavy atom. The number of hydrogen-bond donors (Lipinski definition) is 2. The molecule has 0 aromatic heterocycles. The van der Waals surface area contributed by atoms with Gasteiger partial charge in [0.15, 0.2) is 0 Å². The average Bonchev–Trinajstić information content (AvgIpc) is 2.35. The number of carbonyl (C=O) groups excluding carboxylic acids is 1. The molecule has 1 fully saturated rings. The lowest BCUT2D eigenvalue weighted by Gasteiger charge is -2.40. The Morgan fingerprint density at radius 2 is 1.95 bits per heavy atom. The van der Waals surface area contributed by atoms with Crippen molar-refractivity contribution in [2.45, 2.75) is 46.1 Å². The van der Waals surface area contributed by atoms with E-state index in [1.165, 1.54) is 6.42 Å². The molecule has 2 amide bonds. The molecule has 3 nitrogen and oxygen atoms in total. The minimum Gasteiger partial charge on any atom is -0.335 e. The summed E-state index contributed by atoms with van der Waals surface area (Å²) in [4.78, 5) is 11.9. The van der Waals surface area contributed by atoms with Gasteiger partial charge in [-0.15, -0.1) is 0 Å². The van der Waals surface area contributed by atoms with Gasteiger partial charge in [0.1, 0.15) is 0 Å². The van der Waals surface area contributed by atoms with Crippen molar-refractivity contribution in [2.75, 3.05) is 5.32 Å². The first kappa shape index (κ1) is 13.9. The van der Waals surface area contributed by atoms with E-state index in [1.54, 1.807) is 0 Å². The van der Waals surface area contributed by atoms with Gasteiger partial charge in [0.05, 0.1) is 0 Å². The fraction of sp³-hybridized carbons (Fsp3) is 0.562. The van der Waals surface area contributed by atoms with E-state index < -0.39 is 0 Å². The molecule has 1 unspecified atom stereocenters. The molecule has 0 heterocycles. The lowest BCUT2D eigenvalue weighted by atomic mass is 9.68. The topological polar surface area (TPSA) is 41.1 Å². The van der Waals surface area contributed by atoms with E-state index in [0.717, 1.165) is 18.5 Å². The molecule has 1 aromatic rings. The lowest BCUT2D eigenvalue weighted by Crippen LogP contribution is -2.44. The van der Waals surface area contributed by atoms with Gasteiger partial charge in [0, 0.05) is 11.7 Å². The molecule has 1 aliphatic carbocycles. The van der Waals surface area contributed by atoms with Crippen molar-refractivity contribution in [1.82, 2.24) is 5.32 Å². The van der Waals surface area contributed by atoms with E-state index in [0.29, 0.717) is 17.4 Å². The van der Waals surface area contributed by atoms with Gasteiger partial charge < -0.3 is 10.6 Å². The Hall–Kier alpha value is -1.51. The summed E-state index contributed by atoms with van der Waals surface area (Å²) in [6.45, 7) is 6.92. The highest BCUT2D eigenvalue weighted by molar-refractivity contribution is 5.89. The van der Waals surface area contributed by atoms with E-state index in [9.17, 15) is 4.79 Å². The zero-order valence-corrected chi connectivity index (χ0v) is 12.1. The number of urea groups is 1. The molecule has 1 aromatic carbocycles. The van der Waals surface area contributed by atoms with E-state index in [4.69, 9.17) is 0 Å². The molecule has 3 heteroatoms. The SMILES string of the molecule is C[C@H]1CC(NC(=O)Nc2ccccc2)CCC1(C)C. The molecule has 0 saturated heterocycles. The first-order valence-electron chi connectivity index (χ1n) is 7.10. The van der Waals surface area contributed by atoms with Crippen LogP contribution in [0.2, 0.25) is 0 Å². The molecule has 2 atom stereocenters. The van der Waals surface area contributed by atoms with Crippen molar-refractivity contribution in [3.8, 4) is 0 Å². The third-order valence-electron chi connectivity index (χ3n) is 4.48. The van der Waals surface area contributed by atoms with Crippen LogP contribution in [-0.2, 0) is 0 Å². The van der Waals surface area contributed by atoms with Gasteiger partial charge in [-0.3, -0.25) is 0 Å². The first-order valence-corrected chi connectivity index (χ1v) is 7.10. The highest BCUT2D eigenvalue weighted by atomic mass is 16.2. The zero-order chi connectivity index (χ0) is 13.9. The summed E-state index contributed by atoms with van der Waals surface area (Å²) in [6.07, 6.45) is 3.30. The molecule has 1 saturated carbocycles. The number of amides is 2. The van der Waals surface area contributed by atoms with Crippen molar-refractivity contribution in [3.05, 3.63) is 30.3 Å². The molecule has 0 bridgehead atoms. The van der Waals surface area contributed by atoms with Crippen LogP contribution >= 0.6 is 0 Å². The first-order chi connectivity index (χ1) is 8.97. The number of benzene rings is 1. The van der Waals surface area contributed by atoms with Gasteiger partial charge in [-0.25, -0.2) is 4.79 Å². The molecule has 104 valence electrons. The van der Waals surface area contributed by atoms with Crippen molar-refractivity contribution >= 4 is 11.7 Å². The standard InChI is InChI=1S/C16H24N2O/c1-12-11-14(9-10-16(12,2)3)18-15(19)17-13-7-5-4-6-8-13/h4-8,12,14H,9-11H2,1-3H3,(H2,17,18,19)/t12-,14?/m0/s1. The van der Waals surface area contributed by atoms with Gasteiger partial charge in [-0.05, 0) is 42.7 Å². The predicted molar refractivity (Wildman–Crippen MR) is 79.2 cm³/mol. The summed E-state index contributed by atoms with van der Waals surface area (Å²) in [6, 6.07) is 9.77. The Morgan fingerprint density at radius 3 is 2.58 bits per heavy atom. The van der Waals surface area contributed by atoms with E-state index >= 15 is 0 Å². The quantitative estimate of drug-likeness (QED) is 0.828. The monoisotopic (exact) mass is 260 g/mol. The molecular weight excluding hydrogens is 236 g/mol. The molecule has 19 heavy (non-hydrogen) atoms.